The Morgan fingerprint density at radius 3 is 2.58 bits per heavy atom. The molecule has 1 N–H and O–H groups in total. The molecule has 0 saturated carbocycles. The number of aliphatic hydroxyl groups excluding tert-OH is 1. The zero-order valence-electron chi connectivity index (χ0n) is 23.0. The van der Waals surface area contributed by atoms with E-state index in [1.54, 1.807) is 16.8 Å². The predicted molar refractivity (Wildman–Crippen MR) is 164 cm³/mol. The molecule has 0 bridgehead atoms. The van der Waals surface area contributed by atoms with E-state index in [2.05, 4.69) is 15.4 Å². The second-order valence-electron chi connectivity index (χ2n) is 10.3. The van der Waals surface area contributed by atoms with E-state index in [0.29, 0.717) is 48.4 Å². The second kappa shape index (κ2) is 12.4. The van der Waals surface area contributed by atoms with Crippen LogP contribution >= 0.6 is 46.9 Å². The van der Waals surface area contributed by atoms with Gasteiger partial charge in [-0.1, -0.05) is 46.0 Å². The van der Waals surface area contributed by atoms with Crippen LogP contribution in [0.2, 0.25) is 5.02 Å². The molecule has 2 saturated heterocycles. The summed E-state index contributed by atoms with van der Waals surface area (Å²) in [5.74, 6) is -0.771. The van der Waals surface area contributed by atoms with Crippen LogP contribution in [0.4, 0.5) is 4.39 Å². The molecule has 2 amide bonds. The van der Waals surface area contributed by atoms with Crippen LogP contribution in [0.3, 0.4) is 0 Å². The van der Waals surface area contributed by atoms with E-state index in [-0.39, 0.29) is 34.1 Å². The number of likely N-dealkylation sites (tertiary alicyclic amines) is 2. The standard InChI is InChI=1S/C28H27ClFN7O3S3/c1-42-27-32-37(28(41)43-27)19-5-2-16(3-6-19)25(39)34-11-8-18(9-12-34)35-13-10-23(26(35)40)36-15-22(31-33-36)24(38)20-7-4-17(29)14-21(20)30/h2-7,14-15,18,23-24,38H,8-13H2,1H3. The number of thioether (sulfide) groups is 1. The number of benzene rings is 2. The van der Waals surface area contributed by atoms with Gasteiger partial charge in [0, 0.05) is 41.8 Å². The molecule has 2 unspecified atom stereocenters. The Labute approximate surface area is 265 Å². The maximum atomic E-state index is 14.3. The smallest absolute Gasteiger partial charge is 0.253 e. The van der Waals surface area contributed by atoms with Crippen molar-refractivity contribution in [2.45, 2.75) is 41.8 Å². The molecular formula is C28H27ClFN7O3S3. The summed E-state index contributed by atoms with van der Waals surface area (Å²) in [4.78, 5) is 30.3. The zero-order valence-corrected chi connectivity index (χ0v) is 26.2. The largest absolute Gasteiger partial charge is 0.382 e. The first-order chi connectivity index (χ1) is 20.7. The summed E-state index contributed by atoms with van der Waals surface area (Å²) in [6.07, 6.45) is 3.99. The summed E-state index contributed by atoms with van der Waals surface area (Å²) >= 11 is 14.2. The fraction of sp³-hybridized carbons (Fsp3) is 0.357. The summed E-state index contributed by atoms with van der Waals surface area (Å²) in [6, 6.07) is 10.8. The minimum atomic E-state index is -1.34. The Bertz CT molecular complexity index is 1720. The Kier molecular flexibility index (Phi) is 8.65. The first kappa shape index (κ1) is 29.9. The number of aromatic nitrogens is 5. The van der Waals surface area contributed by atoms with Crippen LogP contribution in [0.5, 0.6) is 0 Å². The number of hydrogen-bond acceptors (Lipinski definition) is 9. The molecule has 2 aromatic carbocycles. The van der Waals surface area contributed by atoms with Gasteiger partial charge in [0.2, 0.25) is 5.91 Å². The molecule has 15 heteroatoms. The molecule has 0 spiro atoms. The third kappa shape index (κ3) is 5.98. The van der Waals surface area contributed by atoms with Crippen LogP contribution in [-0.4, -0.2) is 83.4 Å². The SMILES string of the molecule is CSc1nn(-c2ccc(C(=O)N3CCC(N4CCC(n5cc(C(O)c6ccc(Cl)cc6F)nn5)C4=O)CC3)cc2)c(=S)s1. The molecule has 4 heterocycles. The lowest BCUT2D eigenvalue weighted by atomic mass is 10.0. The van der Waals surface area contributed by atoms with Crippen LogP contribution in [0.1, 0.15) is 53.0 Å². The molecule has 0 radical (unpaired) electrons. The normalized spacial score (nSPS) is 18.4. The summed E-state index contributed by atoms with van der Waals surface area (Å²) in [5.41, 5.74) is 1.58. The maximum Gasteiger partial charge on any atom is 0.253 e. The minimum absolute atomic E-state index is 0.0119. The molecule has 4 aromatic rings. The summed E-state index contributed by atoms with van der Waals surface area (Å²) < 4.78 is 19.0. The number of carbonyl (C=O) groups is 2. The fourth-order valence-electron chi connectivity index (χ4n) is 5.56. The van der Waals surface area contributed by atoms with E-state index in [1.165, 1.54) is 46.1 Å². The summed E-state index contributed by atoms with van der Waals surface area (Å²) in [6.45, 7) is 1.64. The van der Waals surface area contributed by atoms with Crippen LogP contribution in [0.25, 0.3) is 5.69 Å². The molecule has 2 atom stereocenters. The van der Waals surface area contributed by atoms with Crippen molar-refractivity contribution < 1.29 is 19.1 Å². The van der Waals surface area contributed by atoms with Gasteiger partial charge in [0.1, 0.15) is 23.7 Å². The van der Waals surface area contributed by atoms with Crippen molar-refractivity contribution in [2.24, 2.45) is 0 Å². The number of amides is 2. The lowest BCUT2D eigenvalue weighted by molar-refractivity contribution is -0.133. The Hall–Kier alpha value is -3.17. The summed E-state index contributed by atoms with van der Waals surface area (Å²) in [5, 5.41) is 23.4. The predicted octanol–water partition coefficient (Wildman–Crippen LogP) is 4.93. The van der Waals surface area contributed by atoms with Crippen molar-refractivity contribution in [2.75, 3.05) is 25.9 Å². The van der Waals surface area contributed by atoms with Gasteiger partial charge in [0.15, 0.2) is 8.29 Å². The molecular weight excluding hydrogens is 633 g/mol. The van der Waals surface area contributed by atoms with Crippen molar-refractivity contribution in [3.8, 4) is 5.69 Å². The second-order valence-corrected chi connectivity index (χ2v) is 13.5. The van der Waals surface area contributed by atoms with Gasteiger partial charge in [-0.25, -0.2) is 13.8 Å². The molecule has 2 fully saturated rings. The van der Waals surface area contributed by atoms with Gasteiger partial charge in [0.05, 0.1) is 11.9 Å². The Balaban J connectivity index is 1.05. The van der Waals surface area contributed by atoms with Crippen LogP contribution in [-0.2, 0) is 4.79 Å². The van der Waals surface area contributed by atoms with Gasteiger partial charge in [0.25, 0.3) is 5.91 Å². The molecule has 224 valence electrons. The third-order valence-electron chi connectivity index (χ3n) is 7.85. The average molecular weight is 660 g/mol. The Morgan fingerprint density at radius 1 is 1.16 bits per heavy atom. The number of rotatable bonds is 7. The quantitative estimate of drug-likeness (QED) is 0.220. The molecule has 10 nitrogen and oxygen atoms in total. The monoisotopic (exact) mass is 659 g/mol. The van der Waals surface area contributed by atoms with E-state index in [0.717, 1.165) is 16.1 Å². The molecule has 2 aromatic heterocycles. The number of nitrogens with zero attached hydrogens (tertiary/aromatic N) is 7. The number of hydrogen-bond donors (Lipinski definition) is 1. The van der Waals surface area contributed by atoms with E-state index in [1.807, 2.05) is 28.2 Å². The molecule has 6 rings (SSSR count). The molecule has 0 aliphatic carbocycles. The third-order valence-corrected chi connectivity index (χ3v) is 10.3. The van der Waals surface area contributed by atoms with E-state index in [9.17, 15) is 19.1 Å². The van der Waals surface area contributed by atoms with E-state index >= 15 is 0 Å². The highest BCUT2D eigenvalue weighted by atomic mass is 35.5. The topological polar surface area (TPSA) is 109 Å². The first-order valence-corrected chi connectivity index (χ1v) is 16.5. The molecule has 2 aliphatic rings. The van der Waals surface area contributed by atoms with Gasteiger partial charge in [-0.2, -0.15) is 0 Å². The number of carbonyl (C=O) groups excluding carboxylic acids is 2. The molecule has 43 heavy (non-hydrogen) atoms. The van der Waals surface area contributed by atoms with Gasteiger partial charge >= 0.3 is 0 Å². The number of halogens is 2. The number of piperidine rings is 1. The van der Waals surface area contributed by atoms with Gasteiger partial charge in [-0.15, -0.1) is 10.2 Å². The van der Waals surface area contributed by atoms with Gasteiger partial charge in [-0.3, -0.25) is 9.59 Å². The van der Waals surface area contributed by atoms with Crippen molar-refractivity contribution in [3.63, 3.8) is 0 Å². The fourth-order valence-corrected chi connectivity index (χ4v) is 7.50. The highest BCUT2D eigenvalue weighted by Gasteiger charge is 2.39. The van der Waals surface area contributed by atoms with E-state index < -0.39 is 18.0 Å². The summed E-state index contributed by atoms with van der Waals surface area (Å²) in [7, 11) is 0. The minimum Gasteiger partial charge on any atom is -0.382 e. The highest BCUT2D eigenvalue weighted by molar-refractivity contribution is 8.00. The van der Waals surface area contributed by atoms with Gasteiger partial charge < -0.3 is 14.9 Å². The van der Waals surface area contributed by atoms with Crippen LogP contribution in [0.15, 0.2) is 53.0 Å². The lowest BCUT2D eigenvalue weighted by Crippen LogP contribution is -2.47. The Morgan fingerprint density at radius 2 is 1.91 bits per heavy atom. The van der Waals surface area contributed by atoms with Gasteiger partial charge in [-0.05, 0) is 74.1 Å². The van der Waals surface area contributed by atoms with Crippen molar-refractivity contribution in [1.29, 1.82) is 0 Å². The average Bonchev–Trinajstić information content (AvgIpc) is 3.75. The van der Waals surface area contributed by atoms with E-state index in [4.69, 9.17) is 23.8 Å². The van der Waals surface area contributed by atoms with Crippen LogP contribution in [0, 0.1) is 9.77 Å². The van der Waals surface area contributed by atoms with Crippen molar-refractivity contribution in [3.05, 3.63) is 80.3 Å². The van der Waals surface area contributed by atoms with Crippen molar-refractivity contribution in [1.82, 2.24) is 34.6 Å². The highest BCUT2D eigenvalue weighted by Crippen LogP contribution is 2.31. The molecule has 2 aliphatic heterocycles. The maximum absolute atomic E-state index is 14.3. The van der Waals surface area contributed by atoms with Crippen LogP contribution < -0.4 is 0 Å². The van der Waals surface area contributed by atoms with Crippen molar-refractivity contribution >= 4 is 58.7 Å². The first-order valence-electron chi connectivity index (χ1n) is 13.6. The zero-order chi connectivity index (χ0) is 30.2. The number of aliphatic hydroxyl groups is 1. The lowest BCUT2D eigenvalue weighted by Gasteiger charge is -2.36.